The lowest BCUT2D eigenvalue weighted by Gasteiger charge is -2.13. The SMILES string of the molecule is COc1cc2nccc(Nc3ccc(C(=O)NNC(=O)Cc4c(Cl)cccc4Cl)cc3)c2cc1OC. The molecule has 3 aromatic carbocycles. The van der Waals surface area contributed by atoms with Crippen molar-refractivity contribution in [1.29, 1.82) is 0 Å². The van der Waals surface area contributed by atoms with Crippen LogP contribution in [0.25, 0.3) is 10.9 Å². The van der Waals surface area contributed by atoms with Crippen LogP contribution in [0.1, 0.15) is 15.9 Å². The van der Waals surface area contributed by atoms with E-state index in [0.29, 0.717) is 32.7 Å². The Morgan fingerprint density at radius 2 is 1.56 bits per heavy atom. The third-order valence-corrected chi connectivity index (χ3v) is 6.10. The molecule has 0 spiro atoms. The second-order valence-electron chi connectivity index (χ2n) is 7.66. The first-order valence-electron chi connectivity index (χ1n) is 10.8. The molecule has 36 heavy (non-hydrogen) atoms. The lowest BCUT2D eigenvalue weighted by atomic mass is 10.1. The largest absolute Gasteiger partial charge is 0.493 e. The van der Waals surface area contributed by atoms with Gasteiger partial charge in [-0.3, -0.25) is 25.4 Å². The molecule has 0 radical (unpaired) electrons. The summed E-state index contributed by atoms with van der Waals surface area (Å²) in [6, 6.07) is 17.3. The number of amides is 2. The summed E-state index contributed by atoms with van der Waals surface area (Å²) in [5, 5.41) is 4.94. The van der Waals surface area contributed by atoms with E-state index in [1.165, 1.54) is 0 Å². The number of methoxy groups -OCH3 is 2. The van der Waals surface area contributed by atoms with Crippen molar-refractivity contribution >= 4 is 57.3 Å². The van der Waals surface area contributed by atoms with Gasteiger partial charge >= 0.3 is 0 Å². The van der Waals surface area contributed by atoms with E-state index in [4.69, 9.17) is 32.7 Å². The smallest absolute Gasteiger partial charge is 0.269 e. The van der Waals surface area contributed by atoms with Gasteiger partial charge in [0.15, 0.2) is 11.5 Å². The van der Waals surface area contributed by atoms with Crippen molar-refractivity contribution in [3.63, 3.8) is 0 Å². The highest BCUT2D eigenvalue weighted by Gasteiger charge is 2.13. The molecule has 0 aliphatic rings. The number of ether oxygens (including phenoxy) is 2. The van der Waals surface area contributed by atoms with Gasteiger partial charge < -0.3 is 14.8 Å². The fourth-order valence-corrected chi connectivity index (χ4v) is 4.08. The van der Waals surface area contributed by atoms with Gasteiger partial charge in [-0.25, -0.2) is 0 Å². The minimum Gasteiger partial charge on any atom is -0.493 e. The average Bonchev–Trinajstić information content (AvgIpc) is 2.89. The lowest BCUT2D eigenvalue weighted by molar-refractivity contribution is -0.121. The number of pyridine rings is 1. The van der Waals surface area contributed by atoms with Crippen LogP contribution in [-0.2, 0) is 11.2 Å². The van der Waals surface area contributed by atoms with Gasteiger partial charge in [-0.2, -0.15) is 0 Å². The molecule has 4 rings (SSSR count). The standard InChI is InChI=1S/C26H22Cl2N4O4/c1-35-23-12-18-21(10-11-29-22(18)14-24(23)36-2)30-16-8-6-15(7-9-16)26(34)32-31-25(33)13-17-19(27)4-3-5-20(17)28/h3-12,14H,13H2,1-2H3,(H,29,30)(H,31,33)(H,32,34). The fourth-order valence-electron chi connectivity index (χ4n) is 3.55. The van der Waals surface area contributed by atoms with E-state index in [-0.39, 0.29) is 6.42 Å². The first kappa shape index (κ1) is 25.1. The maximum absolute atomic E-state index is 12.5. The lowest BCUT2D eigenvalue weighted by Crippen LogP contribution is -2.42. The summed E-state index contributed by atoms with van der Waals surface area (Å²) in [6.45, 7) is 0. The van der Waals surface area contributed by atoms with Gasteiger partial charge in [0.05, 0.1) is 26.2 Å². The fraction of sp³-hybridized carbons (Fsp3) is 0.115. The van der Waals surface area contributed by atoms with Crippen molar-refractivity contribution in [3.8, 4) is 11.5 Å². The first-order valence-corrected chi connectivity index (χ1v) is 11.5. The third-order valence-electron chi connectivity index (χ3n) is 5.39. The van der Waals surface area contributed by atoms with E-state index in [9.17, 15) is 9.59 Å². The topological polar surface area (TPSA) is 102 Å². The quantitative estimate of drug-likeness (QED) is 0.283. The number of rotatable bonds is 7. The predicted octanol–water partition coefficient (Wildman–Crippen LogP) is 5.31. The minimum atomic E-state index is -0.466. The molecule has 0 bridgehead atoms. The van der Waals surface area contributed by atoms with Crippen molar-refractivity contribution < 1.29 is 19.1 Å². The van der Waals surface area contributed by atoms with Crippen LogP contribution < -0.4 is 25.6 Å². The highest BCUT2D eigenvalue weighted by atomic mass is 35.5. The maximum Gasteiger partial charge on any atom is 0.269 e. The van der Waals surface area contributed by atoms with Crippen LogP contribution >= 0.6 is 23.2 Å². The van der Waals surface area contributed by atoms with Crippen molar-refractivity contribution in [1.82, 2.24) is 15.8 Å². The first-order chi connectivity index (χ1) is 17.4. The molecule has 184 valence electrons. The number of hydrogen-bond acceptors (Lipinski definition) is 6. The number of benzene rings is 3. The van der Waals surface area contributed by atoms with Gasteiger partial charge in [-0.1, -0.05) is 29.3 Å². The zero-order chi connectivity index (χ0) is 25.7. The number of aromatic nitrogens is 1. The van der Waals surface area contributed by atoms with Gasteiger partial charge in [0.2, 0.25) is 5.91 Å². The predicted molar refractivity (Wildman–Crippen MR) is 140 cm³/mol. The number of hydrogen-bond donors (Lipinski definition) is 3. The number of nitrogens with zero attached hydrogens (tertiary/aromatic N) is 1. The van der Waals surface area contributed by atoms with Crippen molar-refractivity contribution in [2.45, 2.75) is 6.42 Å². The van der Waals surface area contributed by atoms with Crippen LogP contribution in [0, 0.1) is 0 Å². The van der Waals surface area contributed by atoms with Gasteiger partial charge in [-0.15, -0.1) is 0 Å². The molecule has 1 aromatic heterocycles. The number of anilines is 2. The molecule has 0 unspecified atom stereocenters. The van der Waals surface area contributed by atoms with Crippen LogP contribution in [0.15, 0.2) is 66.9 Å². The molecule has 8 nitrogen and oxygen atoms in total. The molecule has 0 fully saturated rings. The highest BCUT2D eigenvalue weighted by molar-refractivity contribution is 6.36. The summed E-state index contributed by atoms with van der Waals surface area (Å²) in [5.74, 6) is 0.263. The molecular weight excluding hydrogens is 503 g/mol. The number of carbonyl (C=O) groups is 2. The van der Waals surface area contributed by atoms with Crippen LogP contribution in [0.3, 0.4) is 0 Å². The van der Waals surface area contributed by atoms with Crippen molar-refractivity contribution in [2.75, 3.05) is 19.5 Å². The number of carbonyl (C=O) groups excluding carboxylic acids is 2. The average molecular weight is 525 g/mol. The Kier molecular flexibility index (Phi) is 7.77. The molecule has 4 aromatic rings. The Balaban J connectivity index is 1.41. The molecule has 2 amide bonds. The molecule has 10 heteroatoms. The normalized spacial score (nSPS) is 10.6. The van der Waals surface area contributed by atoms with Crippen molar-refractivity contribution in [2.24, 2.45) is 0 Å². The van der Waals surface area contributed by atoms with Gasteiger partial charge in [0, 0.05) is 44.6 Å². The molecule has 0 saturated heterocycles. The Bertz CT molecular complexity index is 1410. The van der Waals surface area contributed by atoms with Crippen LogP contribution in [0.5, 0.6) is 11.5 Å². The number of nitrogens with one attached hydrogen (secondary N) is 3. The Hall–Kier alpha value is -4.01. The minimum absolute atomic E-state index is 0.0712. The molecule has 0 aliphatic heterocycles. The van der Waals surface area contributed by atoms with Gasteiger partial charge in [0.25, 0.3) is 5.91 Å². The number of halogens is 2. The van der Waals surface area contributed by atoms with E-state index in [0.717, 1.165) is 22.3 Å². The number of fused-ring (bicyclic) bond motifs is 1. The summed E-state index contributed by atoms with van der Waals surface area (Å²) >= 11 is 12.2. The van der Waals surface area contributed by atoms with Gasteiger partial charge in [0.1, 0.15) is 0 Å². The monoisotopic (exact) mass is 524 g/mol. The summed E-state index contributed by atoms with van der Waals surface area (Å²) in [5.41, 5.74) is 7.93. The molecule has 0 aliphatic carbocycles. The van der Waals surface area contributed by atoms with E-state index in [1.807, 2.05) is 12.1 Å². The zero-order valence-corrected chi connectivity index (χ0v) is 20.9. The van der Waals surface area contributed by atoms with E-state index < -0.39 is 11.8 Å². The summed E-state index contributed by atoms with van der Waals surface area (Å²) in [4.78, 5) is 29.1. The summed E-state index contributed by atoms with van der Waals surface area (Å²) < 4.78 is 10.8. The summed E-state index contributed by atoms with van der Waals surface area (Å²) in [7, 11) is 3.15. The van der Waals surface area contributed by atoms with Gasteiger partial charge in [-0.05, 0) is 54.1 Å². The molecule has 3 N–H and O–H groups in total. The molecule has 1 heterocycles. The number of hydrazine groups is 1. The zero-order valence-electron chi connectivity index (χ0n) is 19.4. The Morgan fingerprint density at radius 1 is 0.889 bits per heavy atom. The Labute approximate surface area is 217 Å². The van der Waals surface area contributed by atoms with E-state index in [2.05, 4.69) is 21.2 Å². The van der Waals surface area contributed by atoms with Crippen molar-refractivity contribution in [3.05, 3.63) is 88.0 Å². The summed E-state index contributed by atoms with van der Waals surface area (Å²) in [6.07, 6.45) is 1.62. The third kappa shape index (κ3) is 5.62. The van der Waals surface area contributed by atoms with E-state index in [1.54, 1.807) is 68.9 Å². The second kappa shape index (κ2) is 11.2. The second-order valence-corrected chi connectivity index (χ2v) is 8.48. The highest BCUT2D eigenvalue weighted by Crippen LogP contribution is 2.35. The van der Waals surface area contributed by atoms with E-state index >= 15 is 0 Å². The maximum atomic E-state index is 12.5. The van der Waals surface area contributed by atoms with Crippen LogP contribution in [0.4, 0.5) is 11.4 Å². The molecule has 0 atom stereocenters. The van der Waals surface area contributed by atoms with Crippen LogP contribution in [-0.4, -0.2) is 31.0 Å². The Morgan fingerprint density at radius 3 is 2.22 bits per heavy atom. The molecule has 0 saturated carbocycles. The van der Waals surface area contributed by atoms with Crippen LogP contribution in [0.2, 0.25) is 10.0 Å². The molecular formula is C26H22Cl2N4O4.